The molecule has 3 saturated heterocycles. The number of rotatable bonds is 15. The van der Waals surface area contributed by atoms with Crippen LogP contribution < -0.4 is 0 Å². The Labute approximate surface area is 390 Å². The number of cyclic esters (lactones) is 1. The Hall–Kier alpha value is -3.43. The minimum absolute atomic E-state index is 0.0128. The van der Waals surface area contributed by atoms with E-state index in [0.29, 0.717) is 32.4 Å². The lowest BCUT2D eigenvalue weighted by Crippen LogP contribution is -2.66. The van der Waals surface area contributed by atoms with Crippen LogP contribution in [0.5, 0.6) is 0 Å². The van der Waals surface area contributed by atoms with Crippen molar-refractivity contribution in [1.82, 2.24) is 14.8 Å². The van der Waals surface area contributed by atoms with E-state index in [4.69, 9.17) is 37.9 Å². The number of hydrogen-bond donors (Lipinski definition) is 3. The van der Waals surface area contributed by atoms with E-state index in [0.717, 1.165) is 11.8 Å². The van der Waals surface area contributed by atoms with Crippen molar-refractivity contribution in [3.05, 3.63) is 36.2 Å². The van der Waals surface area contributed by atoms with Crippen molar-refractivity contribution in [2.45, 2.75) is 185 Å². The number of likely N-dealkylation sites (N-methyl/N-ethyl adjacent to an activating group) is 2. The zero-order valence-corrected chi connectivity index (χ0v) is 40.6. The Bertz CT molecular complexity index is 1690. The second-order valence-electron chi connectivity index (χ2n) is 18.6. The third kappa shape index (κ3) is 15.8. The summed E-state index contributed by atoms with van der Waals surface area (Å²) in [5.74, 6) is -2.79. The van der Waals surface area contributed by atoms with Gasteiger partial charge in [0, 0.05) is 58.2 Å². The second kappa shape index (κ2) is 26.4. The number of hydrogen-bond acceptors (Lipinski definition) is 18. The van der Waals surface area contributed by atoms with Gasteiger partial charge in [-0.15, -0.1) is 0 Å². The van der Waals surface area contributed by atoms with Crippen molar-refractivity contribution in [3.63, 3.8) is 0 Å². The molecule has 3 aliphatic rings. The van der Waals surface area contributed by atoms with Gasteiger partial charge in [-0.2, -0.15) is 0 Å². The molecule has 1 aromatic heterocycles. The summed E-state index contributed by atoms with van der Waals surface area (Å²) in [5, 5.41) is 35.2. The highest BCUT2D eigenvalue weighted by Crippen LogP contribution is 2.38. The van der Waals surface area contributed by atoms with Crippen LogP contribution in [0.2, 0.25) is 0 Å². The number of carbonyl (C=O) groups excluding carboxylic acids is 4. The molecule has 0 spiro atoms. The fraction of sp³-hybridized carbons (Fsp3) is 0.771. The highest BCUT2D eigenvalue weighted by molar-refractivity contribution is 5.73. The van der Waals surface area contributed by atoms with E-state index in [9.17, 15) is 34.5 Å². The Morgan fingerprint density at radius 1 is 1.02 bits per heavy atom. The lowest BCUT2D eigenvalue weighted by atomic mass is 9.82. The van der Waals surface area contributed by atoms with Gasteiger partial charge in [0.1, 0.15) is 42.4 Å². The van der Waals surface area contributed by atoms with E-state index in [1.807, 2.05) is 43.2 Å². The fourth-order valence-electron chi connectivity index (χ4n) is 9.27. The average Bonchev–Trinajstić information content (AvgIpc) is 3.25. The van der Waals surface area contributed by atoms with Crippen LogP contribution in [0.4, 0.5) is 0 Å². The minimum atomic E-state index is -1.50. The Morgan fingerprint density at radius 3 is 2.35 bits per heavy atom. The van der Waals surface area contributed by atoms with Crippen LogP contribution in [-0.2, 0) is 57.1 Å². The number of carbonyl (C=O) groups is 4. The maximum Gasteiger partial charge on any atom is 0.309 e. The first-order chi connectivity index (χ1) is 31.3. The molecule has 1 aromatic rings. The number of aliphatic hydroxyl groups excluding tert-OH is 2. The maximum absolute atomic E-state index is 14.0. The van der Waals surface area contributed by atoms with Crippen LogP contribution in [0.15, 0.2) is 30.6 Å². The van der Waals surface area contributed by atoms with Gasteiger partial charge in [0.05, 0.1) is 36.9 Å². The molecule has 0 amide bonds. The van der Waals surface area contributed by atoms with Crippen molar-refractivity contribution >= 4 is 30.3 Å². The first-order valence-electron chi connectivity index (χ1n) is 23.5. The summed E-state index contributed by atoms with van der Waals surface area (Å²) in [4.78, 5) is 59.8. The molecule has 0 aromatic carbocycles. The van der Waals surface area contributed by atoms with Gasteiger partial charge in [-0.3, -0.25) is 19.4 Å². The zero-order chi connectivity index (χ0) is 48.7. The Kier molecular flexibility index (Phi) is 22.0. The highest BCUT2D eigenvalue weighted by Gasteiger charge is 2.53. The number of aldehydes is 1. The summed E-state index contributed by atoms with van der Waals surface area (Å²) in [6.45, 7) is 11.1. The van der Waals surface area contributed by atoms with Crippen LogP contribution in [0.3, 0.4) is 0 Å². The smallest absolute Gasteiger partial charge is 0.309 e. The molecule has 0 radical (unpaired) electrons. The molecule has 0 aliphatic carbocycles. The summed E-state index contributed by atoms with van der Waals surface area (Å²) in [5.41, 5.74) is -0.612. The summed E-state index contributed by atoms with van der Waals surface area (Å²) in [6, 6.07) is 2.95. The number of nitrogens with zero attached hydrogens (tertiary/aromatic N) is 3. The number of methoxy groups -OCH3 is 1. The molecular weight excluding hydrogens is 859 g/mol. The summed E-state index contributed by atoms with van der Waals surface area (Å²) < 4.78 is 49.6. The van der Waals surface area contributed by atoms with Gasteiger partial charge in [0.15, 0.2) is 18.7 Å². The quantitative estimate of drug-likeness (QED) is 0.130. The van der Waals surface area contributed by atoms with Crippen LogP contribution in [-0.4, -0.2) is 181 Å². The molecule has 374 valence electrons. The molecule has 0 saturated carbocycles. The molecule has 4 heterocycles. The molecule has 3 fully saturated rings. The van der Waals surface area contributed by atoms with Gasteiger partial charge in [0.25, 0.3) is 0 Å². The summed E-state index contributed by atoms with van der Waals surface area (Å²) in [6.07, 6.45) is -2.62. The van der Waals surface area contributed by atoms with E-state index in [-0.39, 0.29) is 38.0 Å². The van der Waals surface area contributed by atoms with Gasteiger partial charge in [-0.05, 0) is 91.2 Å². The monoisotopic (exact) mass is 936 g/mol. The van der Waals surface area contributed by atoms with Gasteiger partial charge in [-0.25, -0.2) is 0 Å². The predicted molar refractivity (Wildman–Crippen MR) is 241 cm³/mol. The number of ether oxygens (including phenoxy) is 8. The van der Waals surface area contributed by atoms with E-state index in [1.165, 1.54) is 7.11 Å². The zero-order valence-electron chi connectivity index (χ0n) is 40.6. The molecule has 66 heavy (non-hydrogen) atoms. The van der Waals surface area contributed by atoms with E-state index in [1.54, 1.807) is 66.0 Å². The van der Waals surface area contributed by atoms with Crippen molar-refractivity contribution in [1.29, 1.82) is 0 Å². The Balaban J connectivity index is 1.68. The molecular formula is C48H77N3O15. The molecule has 4 rings (SSSR count). The minimum Gasteiger partial charge on any atom is -0.462 e. The largest absolute Gasteiger partial charge is 0.462 e. The van der Waals surface area contributed by atoms with Crippen molar-refractivity contribution in [3.8, 4) is 0 Å². The van der Waals surface area contributed by atoms with Gasteiger partial charge >= 0.3 is 17.9 Å². The van der Waals surface area contributed by atoms with Gasteiger partial charge < -0.3 is 67.8 Å². The fourth-order valence-corrected chi connectivity index (χ4v) is 9.27. The first kappa shape index (κ1) is 55.2. The average molecular weight is 936 g/mol. The third-order valence-corrected chi connectivity index (χ3v) is 12.9. The van der Waals surface area contributed by atoms with Gasteiger partial charge in [0.2, 0.25) is 0 Å². The molecule has 18 heteroatoms. The lowest BCUT2D eigenvalue weighted by molar-refractivity contribution is -0.344. The molecule has 16 atom stereocenters. The molecule has 0 bridgehead atoms. The van der Waals surface area contributed by atoms with Crippen LogP contribution in [0, 0.1) is 11.8 Å². The van der Waals surface area contributed by atoms with Gasteiger partial charge in [-0.1, -0.05) is 39.0 Å². The lowest BCUT2D eigenvalue weighted by Gasteiger charge is -2.50. The first-order valence-corrected chi connectivity index (χ1v) is 23.5. The topological polar surface area (TPSA) is 222 Å². The SMILES string of the molecule is CCC(=O)O[C@@H]1CC(=O)O[C@@H](CC=Cc2cccnc2)CCCN(C)C[C@H](O)[C@H](C)C[C@H](CC=O)[C@H](O[C@@H]2OC(C)[C@@H](O[C@H]3CC(C)(O)[C@@H](OC(=O)CC)C(C)O3)C(N(C)C)C2O)[C@H]1OC. The third-order valence-electron chi connectivity index (χ3n) is 12.9. The second-order valence-corrected chi connectivity index (χ2v) is 18.6. The van der Waals surface area contributed by atoms with Crippen molar-refractivity contribution in [2.24, 2.45) is 11.8 Å². The molecule has 3 aliphatic heterocycles. The number of esters is 3. The van der Waals surface area contributed by atoms with Crippen LogP contribution >= 0.6 is 0 Å². The molecule has 3 N–H and O–H groups in total. The van der Waals surface area contributed by atoms with E-state index < -0.39 is 116 Å². The van der Waals surface area contributed by atoms with Crippen LogP contribution in [0.25, 0.3) is 6.08 Å². The molecule has 5 unspecified atom stereocenters. The van der Waals surface area contributed by atoms with Crippen LogP contribution in [0.1, 0.15) is 105 Å². The number of β-amino-alcohol motifs (C(OH)–C–C–N with tert-alkyl or cyclic N) is 1. The highest BCUT2D eigenvalue weighted by atomic mass is 16.7. The van der Waals surface area contributed by atoms with Crippen molar-refractivity contribution < 1.29 is 72.4 Å². The standard InChI is InChI=1S/C48H77N3O15/c1-11-37(54)63-36-25-39(56)62-34(18-13-16-32-17-14-21-49-27-32)19-15-22-51(9)28-35(53)29(3)24-33(20-23-52)44(45(36)59-10)66-47-42(57)41(50(7)8)43(30(4)61-47)65-40-26-48(6,58)46(31(5)60-40)64-38(55)12-2/h13-14,16-17,21,23,27,29-31,33-36,40-47,53,57-58H,11-12,15,18-20,22,24-26,28H2,1-10H3/t29-,30?,31?,33+,34+,35+,36-,40+,41?,42?,43-,44+,45+,46+,47+,48?/m1/s1. The Morgan fingerprint density at radius 2 is 1.73 bits per heavy atom. The number of aromatic nitrogens is 1. The van der Waals surface area contributed by atoms with E-state index in [2.05, 4.69) is 4.98 Å². The maximum atomic E-state index is 14.0. The van der Waals surface area contributed by atoms with Crippen molar-refractivity contribution in [2.75, 3.05) is 41.3 Å². The normalized spacial score (nSPS) is 37.0. The molecule has 18 nitrogen and oxygen atoms in total. The summed E-state index contributed by atoms with van der Waals surface area (Å²) >= 11 is 0. The number of pyridine rings is 1. The van der Waals surface area contributed by atoms with E-state index >= 15 is 0 Å². The number of aliphatic hydroxyl groups is 3. The summed E-state index contributed by atoms with van der Waals surface area (Å²) in [7, 11) is 6.81. The predicted octanol–water partition coefficient (Wildman–Crippen LogP) is 3.46.